The molecule has 0 atom stereocenters. The standard InChI is InChI=1S/C13H17N3S/c1-11-3-5-12(6-4-11)14-7-8-17-13-9-15-16(2)10-13/h3-6,9-10,14H,7-8H2,1-2H3. The number of benzene rings is 1. The van der Waals surface area contributed by atoms with Crippen LogP contribution in [0.25, 0.3) is 0 Å². The molecule has 0 fully saturated rings. The maximum atomic E-state index is 4.14. The van der Waals surface area contributed by atoms with Crippen molar-refractivity contribution in [3.05, 3.63) is 42.2 Å². The highest BCUT2D eigenvalue weighted by Gasteiger charge is 1.96. The second kappa shape index (κ2) is 5.77. The lowest BCUT2D eigenvalue weighted by molar-refractivity contribution is 0.766. The van der Waals surface area contributed by atoms with E-state index in [1.165, 1.54) is 16.1 Å². The molecule has 17 heavy (non-hydrogen) atoms. The highest BCUT2D eigenvalue weighted by atomic mass is 32.2. The van der Waals surface area contributed by atoms with Gasteiger partial charge in [0.05, 0.1) is 6.20 Å². The largest absolute Gasteiger partial charge is 0.384 e. The molecule has 3 nitrogen and oxygen atoms in total. The van der Waals surface area contributed by atoms with Gasteiger partial charge in [-0.2, -0.15) is 5.10 Å². The molecule has 1 aromatic carbocycles. The second-order valence-electron chi connectivity index (χ2n) is 3.99. The Balaban J connectivity index is 1.71. The zero-order valence-corrected chi connectivity index (χ0v) is 11.0. The van der Waals surface area contributed by atoms with E-state index < -0.39 is 0 Å². The van der Waals surface area contributed by atoms with Gasteiger partial charge < -0.3 is 5.32 Å². The van der Waals surface area contributed by atoms with Crippen LogP contribution in [0.4, 0.5) is 5.69 Å². The summed E-state index contributed by atoms with van der Waals surface area (Å²) in [5.41, 5.74) is 2.47. The Morgan fingerprint density at radius 2 is 2.06 bits per heavy atom. The van der Waals surface area contributed by atoms with Gasteiger partial charge in [0.1, 0.15) is 0 Å². The van der Waals surface area contributed by atoms with Crippen LogP contribution >= 0.6 is 11.8 Å². The van der Waals surface area contributed by atoms with Crippen molar-refractivity contribution in [1.82, 2.24) is 9.78 Å². The topological polar surface area (TPSA) is 29.9 Å². The van der Waals surface area contributed by atoms with E-state index in [2.05, 4.69) is 41.6 Å². The summed E-state index contributed by atoms with van der Waals surface area (Å²) in [6.45, 7) is 3.06. The van der Waals surface area contributed by atoms with Crippen molar-refractivity contribution in [2.45, 2.75) is 11.8 Å². The fourth-order valence-corrected chi connectivity index (χ4v) is 2.30. The van der Waals surface area contributed by atoms with Crippen molar-refractivity contribution in [1.29, 1.82) is 0 Å². The zero-order chi connectivity index (χ0) is 12.1. The quantitative estimate of drug-likeness (QED) is 0.651. The highest BCUT2D eigenvalue weighted by molar-refractivity contribution is 7.99. The van der Waals surface area contributed by atoms with Crippen molar-refractivity contribution >= 4 is 17.4 Å². The molecule has 0 saturated carbocycles. The number of anilines is 1. The third-order valence-electron chi connectivity index (χ3n) is 2.43. The molecule has 4 heteroatoms. The number of nitrogens with zero attached hydrogens (tertiary/aromatic N) is 2. The van der Waals surface area contributed by atoms with Gasteiger partial charge in [0.15, 0.2) is 0 Å². The Labute approximate surface area is 106 Å². The van der Waals surface area contributed by atoms with E-state index >= 15 is 0 Å². The van der Waals surface area contributed by atoms with Gasteiger partial charge in [0, 0.05) is 36.1 Å². The fourth-order valence-electron chi connectivity index (χ4n) is 1.51. The molecule has 90 valence electrons. The number of aryl methyl sites for hydroxylation is 2. The third kappa shape index (κ3) is 3.82. The highest BCUT2D eigenvalue weighted by Crippen LogP contribution is 2.16. The molecule has 0 aliphatic heterocycles. The van der Waals surface area contributed by atoms with Gasteiger partial charge in [0.25, 0.3) is 0 Å². The van der Waals surface area contributed by atoms with E-state index in [-0.39, 0.29) is 0 Å². The lowest BCUT2D eigenvalue weighted by Gasteiger charge is -2.05. The number of nitrogens with one attached hydrogen (secondary N) is 1. The Kier molecular flexibility index (Phi) is 4.09. The van der Waals surface area contributed by atoms with Crippen LogP contribution in [-0.4, -0.2) is 22.1 Å². The molecule has 0 aliphatic carbocycles. The fraction of sp³-hybridized carbons (Fsp3) is 0.308. The van der Waals surface area contributed by atoms with Crippen molar-refractivity contribution in [3.8, 4) is 0 Å². The SMILES string of the molecule is Cc1ccc(NCCSc2cnn(C)c2)cc1. The molecule has 2 aromatic rings. The Hall–Kier alpha value is -1.42. The predicted molar refractivity (Wildman–Crippen MR) is 73.6 cm³/mol. The molecule has 0 spiro atoms. The van der Waals surface area contributed by atoms with Gasteiger partial charge in [0.2, 0.25) is 0 Å². The summed E-state index contributed by atoms with van der Waals surface area (Å²) in [4.78, 5) is 1.22. The molecule has 0 unspecified atom stereocenters. The van der Waals surface area contributed by atoms with E-state index in [4.69, 9.17) is 0 Å². The molecule has 2 rings (SSSR count). The molecule has 0 radical (unpaired) electrons. The summed E-state index contributed by atoms with van der Waals surface area (Å²) in [6, 6.07) is 8.47. The van der Waals surface area contributed by atoms with Gasteiger partial charge >= 0.3 is 0 Å². The smallest absolute Gasteiger partial charge is 0.0625 e. The molecular weight excluding hydrogens is 230 g/mol. The van der Waals surface area contributed by atoms with Crippen molar-refractivity contribution in [2.24, 2.45) is 7.05 Å². The van der Waals surface area contributed by atoms with Crippen LogP contribution < -0.4 is 5.32 Å². The van der Waals surface area contributed by atoms with Crippen LogP contribution in [0, 0.1) is 6.92 Å². The van der Waals surface area contributed by atoms with Gasteiger partial charge in [-0.1, -0.05) is 17.7 Å². The summed E-state index contributed by atoms with van der Waals surface area (Å²) in [5.74, 6) is 1.04. The first-order valence-electron chi connectivity index (χ1n) is 5.66. The number of rotatable bonds is 5. The summed E-state index contributed by atoms with van der Waals surface area (Å²) in [7, 11) is 1.94. The van der Waals surface area contributed by atoms with Gasteiger partial charge in [-0.25, -0.2) is 0 Å². The minimum absolute atomic E-state index is 0.961. The molecule has 0 amide bonds. The van der Waals surface area contributed by atoms with E-state index in [0.717, 1.165) is 12.3 Å². The van der Waals surface area contributed by atoms with Crippen molar-refractivity contribution < 1.29 is 0 Å². The summed E-state index contributed by atoms with van der Waals surface area (Å²) < 4.78 is 1.83. The van der Waals surface area contributed by atoms with Gasteiger partial charge in [-0.3, -0.25) is 4.68 Å². The van der Waals surface area contributed by atoms with Crippen LogP contribution in [-0.2, 0) is 7.05 Å². The molecule has 0 aliphatic rings. The van der Waals surface area contributed by atoms with Crippen LogP contribution in [0.5, 0.6) is 0 Å². The second-order valence-corrected chi connectivity index (χ2v) is 5.16. The molecule has 1 N–H and O–H groups in total. The summed E-state index contributed by atoms with van der Waals surface area (Å²) in [6.07, 6.45) is 3.94. The van der Waals surface area contributed by atoms with Crippen molar-refractivity contribution in [2.75, 3.05) is 17.6 Å². The minimum atomic E-state index is 0.961. The average Bonchev–Trinajstić information content (AvgIpc) is 2.73. The zero-order valence-electron chi connectivity index (χ0n) is 10.2. The van der Waals surface area contributed by atoms with E-state index in [9.17, 15) is 0 Å². The summed E-state index contributed by atoms with van der Waals surface area (Å²) in [5, 5.41) is 7.54. The van der Waals surface area contributed by atoms with Crippen LogP contribution in [0.15, 0.2) is 41.6 Å². The molecular formula is C13H17N3S. The van der Waals surface area contributed by atoms with Gasteiger partial charge in [-0.15, -0.1) is 11.8 Å². The van der Waals surface area contributed by atoms with Gasteiger partial charge in [-0.05, 0) is 19.1 Å². The summed E-state index contributed by atoms with van der Waals surface area (Å²) >= 11 is 1.82. The number of hydrogen-bond acceptors (Lipinski definition) is 3. The number of thioether (sulfide) groups is 1. The number of aromatic nitrogens is 2. The Bertz CT molecular complexity index is 462. The Morgan fingerprint density at radius 3 is 2.71 bits per heavy atom. The first-order valence-corrected chi connectivity index (χ1v) is 6.64. The van der Waals surface area contributed by atoms with Crippen LogP contribution in [0.1, 0.15) is 5.56 Å². The Morgan fingerprint density at radius 1 is 1.29 bits per heavy atom. The molecule has 1 heterocycles. The first kappa shape index (κ1) is 12.0. The maximum absolute atomic E-state index is 4.14. The van der Waals surface area contributed by atoms with E-state index in [1.807, 2.05) is 35.9 Å². The van der Waals surface area contributed by atoms with Crippen LogP contribution in [0.3, 0.4) is 0 Å². The molecule has 1 aromatic heterocycles. The van der Waals surface area contributed by atoms with E-state index in [1.54, 1.807) is 0 Å². The monoisotopic (exact) mass is 247 g/mol. The first-order chi connectivity index (χ1) is 8.24. The molecule has 0 bridgehead atoms. The maximum Gasteiger partial charge on any atom is 0.0625 e. The third-order valence-corrected chi connectivity index (χ3v) is 3.39. The van der Waals surface area contributed by atoms with Crippen molar-refractivity contribution in [3.63, 3.8) is 0 Å². The predicted octanol–water partition coefficient (Wildman–Crippen LogP) is 2.93. The number of hydrogen-bond donors (Lipinski definition) is 1. The lowest BCUT2D eigenvalue weighted by Crippen LogP contribution is -2.03. The normalized spacial score (nSPS) is 10.5. The average molecular weight is 247 g/mol. The molecule has 0 saturated heterocycles. The lowest BCUT2D eigenvalue weighted by atomic mass is 10.2. The van der Waals surface area contributed by atoms with E-state index in [0.29, 0.717) is 0 Å². The minimum Gasteiger partial charge on any atom is -0.384 e. The van der Waals surface area contributed by atoms with Crippen LogP contribution in [0.2, 0.25) is 0 Å².